The molecule has 4 heterocycles. The smallest absolute Gasteiger partial charge is 0.289 e. The van der Waals surface area contributed by atoms with Gasteiger partial charge in [0.15, 0.2) is 5.76 Å². The molecule has 0 N–H and O–H groups in total. The number of carbonyl (C=O) groups is 1. The number of nitrogens with zero attached hydrogens (tertiary/aromatic N) is 3. The monoisotopic (exact) mass is 389 g/mol. The number of aromatic nitrogens is 1. The van der Waals surface area contributed by atoms with E-state index in [-0.39, 0.29) is 11.9 Å². The lowest BCUT2D eigenvalue weighted by molar-refractivity contribution is 0.0755. The van der Waals surface area contributed by atoms with Gasteiger partial charge in [-0.1, -0.05) is 29.8 Å². The molecule has 0 bridgehead atoms. The third kappa shape index (κ3) is 3.51. The van der Waals surface area contributed by atoms with Crippen molar-refractivity contribution in [1.29, 1.82) is 0 Å². The zero-order valence-corrected chi connectivity index (χ0v) is 16.9. The molecule has 1 unspecified atom stereocenters. The van der Waals surface area contributed by atoms with E-state index in [9.17, 15) is 4.79 Å². The minimum Gasteiger partial charge on any atom is -0.455 e. The van der Waals surface area contributed by atoms with Gasteiger partial charge in [0.25, 0.3) is 5.91 Å². The summed E-state index contributed by atoms with van der Waals surface area (Å²) in [5.74, 6) is 1.34. The fourth-order valence-corrected chi connectivity index (χ4v) is 4.68. The van der Waals surface area contributed by atoms with Gasteiger partial charge in [0, 0.05) is 38.1 Å². The first-order valence-corrected chi connectivity index (χ1v) is 10.5. The summed E-state index contributed by atoms with van der Waals surface area (Å²) in [4.78, 5) is 17.0. The second-order valence-electron chi connectivity index (χ2n) is 8.18. The lowest BCUT2D eigenvalue weighted by Gasteiger charge is -2.37. The number of benzene rings is 1. The highest BCUT2D eigenvalue weighted by Gasteiger charge is 2.30. The van der Waals surface area contributed by atoms with E-state index in [1.54, 1.807) is 0 Å². The van der Waals surface area contributed by atoms with Gasteiger partial charge in [0.1, 0.15) is 5.76 Å². The van der Waals surface area contributed by atoms with E-state index in [4.69, 9.17) is 4.42 Å². The first-order valence-electron chi connectivity index (χ1n) is 10.5. The van der Waals surface area contributed by atoms with E-state index in [2.05, 4.69) is 59.0 Å². The number of fused-ring (bicyclic) bond motifs is 1. The van der Waals surface area contributed by atoms with E-state index >= 15 is 0 Å². The molecule has 3 aromatic rings. The molecule has 1 atom stereocenters. The topological polar surface area (TPSA) is 41.6 Å². The van der Waals surface area contributed by atoms with Gasteiger partial charge in [0.2, 0.25) is 0 Å². The van der Waals surface area contributed by atoms with Gasteiger partial charge >= 0.3 is 0 Å². The van der Waals surface area contributed by atoms with Crippen LogP contribution in [0.3, 0.4) is 0 Å². The largest absolute Gasteiger partial charge is 0.455 e. The lowest BCUT2D eigenvalue weighted by atomic mass is 9.98. The minimum absolute atomic E-state index is 0.0245. The molecule has 2 aromatic heterocycles. The van der Waals surface area contributed by atoms with E-state index in [1.165, 1.54) is 16.8 Å². The molecule has 5 rings (SSSR count). The third-order valence-electron chi connectivity index (χ3n) is 6.12. The van der Waals surface area contributed by atoms with Gasteiger partial charge in [-0.3, -0.25) is 9.69 Å². The Balaban J connectivity index is 1.40. The molecule has 1 aromatic carbocycles. The van der Waals surface area contributed by atoms with Crippen molar-refractivity contribution < 1.29 is 9.21 Å². The van der Waals surface area contributed by atoms with Crippen LogP contribution in [0.4, 0.5) is 0 Å². The quantitative estimate of drug-likeness (QED) is 0.671. The number of carbonyl (C=O) groups excluding carboxylic acids is 1. The summed E-state index contributed by atoms with van der Waals surface area (Å²) in [7, 11) is 0. The van der Waals surface area contributed by atoms with Crippen molar-refractivity contribution in [2.24, 2.45) is 0 Å². The van der Waals surface area contributed by atoms with Gasteiger partial charge in [-0.15, -0.1) is 0 Å². The predicted octanol–water partition coefficient (Wildman–Crippen LogP) is 4.23. The maximum Gasteiger partial charge on any atom is 0.289 e. The molecular weight excluding hydrogens is 362 g/mol. The van der Waals surface area contributed by atoms with Crippen molar-refractivity contribution in [1.82, 2.24) is 14.4 Å². The van der Waals surface area contributed by atoms with Crippen molar-refractivity contribution >= 4 is 5.91 Å². The molecule has 1 fully saturated rings. The van der Waals surface area contributed by atoms with Crippen molar-refractivity contribution in [2.45, 2.75) is 38.9 Å². The Morgan fingerprint density at radius 3 is 2.72 bits per heavy atom. The Morgan fingerprint density at radius 2 is 1.90 bits per heavy atom. The Bertz CT molecular complexity index is 1010. The summed E-state index contributed by atoms with van der Waals surface area (Å²) in [5.41, 5.74) is 3.87. The number of hydrogen-bond acceptors (Lipinski definition) is 3. The van der Waals surface area contributed by atoms with Gasteiger partial charge in [-0.25, -0.2) is 0 Å². The number of hydrogen-bond donors (Lipinski definition) is 0. The average molecular weight is 389 g/mol. The molecule has 0 radical (unpaired) electrons. The SMILES string of the molecule is Cc1cccc(C2c3cccn3CCN2Cc2ccc(C(=O)N3CCCC3)o2)c1. The van der Waals surface area contributed by atoms with Crippen LogP contribution in [0.15, 0.2) is 59.1 Å². The summed E-state index contributed by atoms with van der Waals surface area (Å²) in [6.07, 6.45) is 4.34. The Morgan fingerprint density at radius 1 is 1.03 bits per heavy atom. The molecule has 150 valence electrons. The maximum atomic E-state index is 12.6. The fraction of sp³-hybridized carbons (Fsp3) is 0.375. The highest BCUT2D eigenvalue weighted by molar-refractivity contribution is 5.91. The predicted molar refractivity (Wildman–Crippen MR) is 112 cm³/mol. The minimum atomic E-state index is 0.0245. The highest BCUT2D eigenvalue weighted by atomic mass is 16.4. The number of furan rings is 1. The van der Waals surface area contributed by atoms with Crippen molar-refractivity contribution in [3.05, 3.63) is 83.1 Å². The molecule has 2 aliphatic heterocycles. The normalized spacial score (nSPS) is 19.5. The average Bonchev–Trinajstić information content (AvgIpc) is 3.48. The number of likely N-dealkylation sites (tertiary alicyclic amines) is 1. The first kappa shape index (κ1) is 18.3. The summed E-state index contributed by atoms with van der Waals surface area (Å²) in [6.45, 7) is 6.41. The Hall–Kier alpha value is -2.79. The van der Waals surface area contributed by atoms with Crippen LogP contribution in [0.2, 0.25) is 0 Å². The molecule has 5 heteroatoms. The molecule has 2 aliphatic rings. The van der Waals surface area contributed by atoms with E-state index < -0.39 is 0 Å². The zero-order valence-electron chi connectivity index (χ0n) is 16.9. The van der Waals surface area contributed by atoms with Gasteiger partial charge in [0.05, 0.1) is 12.6 Å². The van der Waals surface area contributed by atoms with Gasteiger partial charge < -0.3 is 13.9 Å². The van der Waals surface area contributed by atoms with Crippen LogP contribution in [0.25, 0.3) is 0 Å². The third-order valence-corrected chi connectivity index (χ3v) is 6.12. The summed E-state index contributed by atoms with van der Waals surface area (Å²) < 4.78 is 8.34. The molecule has 0 spiro atoms. The van der Waals surface area contributed by atoms with Crippen LogP contribution in [0.1, 0.15) is 52.0 Å². The zero-order chi connectivity index (χ0) is 19.8. The Labute approximate surface area is 171 Å². The summed E-state index contributed by atoms with van der Waals surface area (Å²) in [6, 6.07) is 17.1. The summed E-state index contributed by atoms with van der Waals surface area (Å²) in [5, 5.41) is 0. The maximum absolute atomic E-state index is 12.6. The molecule has 29 heavy (non-hydrogen) atoms. The van der Waals surface area contributed by atoms with Crippen molar-refractivity contribution in [3.63, 3.8) is 0 Å². The van der Waals surface area contributed by atoms with E-state index in [0.717, 1.165) is 44.8 Å². The van der Waals surface area contributed by atoms with Crippen LogP contribution in [-0.4, -0.2) is 39.9 Å². The van der Waals surface area contributed by atoms with Gasteiger partial charge in [-0.05, 0) is 49.6 Å². The lowest BCUT2D eigenvalue weighted by Crippen LogP contribution is -2.37. The van der Waals surface area contributed by atoms with Crippen LogP contribution in [0.5, 0.6) is 0 Å². The second-order valence-corrected chi connectivity index (χ2v) is 8.18. The van der Waals surface area contributed by atoms with Gasteiger partial charge in [-0.2, -0.15) is 0 Å². The second kappa shape index (κ2) is 7.56. The number of amides is 1. The van der Waals surface area contributed by atoms with Crippen LogP contribution >= 0.6 is 0 Å². The van der Waals surface area contributed by atoms with Crippen LogP contribution in [0, 0.1) is 6.92 Å². The highest BCUT2D eigenvalue weighted by Crippen LogP contribution is 2.34. The molecule has 1 saturated heterocycles. The van der Waals surface area contributed by atoms with Crippen molar-refractivity contribution in [2.75, 3.05) is 19.6 Å². The summed E-state index contributed by atoms with van der Waals surface area (Å²) >= 11 is 0. The van der Waals surface area contributed by atoms with Crippen LogP contribution < -0.4 is 0 Å². The number of aryl methyl sites for hydroxylation is 1. The Kier molecular flexibility index (Phi) is 4.76. The molecule has 0 saturated carbocycles. The van der Waals surface area contributed by atoms with Crippen molar-refractivity contribution in [3.8, 4) is 0 Å². The van der Waals surface area contributed by atoms with E-state index in [0.29, 0.717) is 12.3 Å². The molecule has 0 aliphatic carbocycles. The standard InChI is InChI=1S/C24H27N3O2/c1-18-6-4-7-19(16-18)23-21-8-5-13-25(21)14-15-27(23)17-20-9-10-22(29-20)24(28)26-11-2-3-12-26/h4-10,13,16,23H,2-3,11-12,14-15,17H2,1H3. The fourth-order valence-electron chi connectivity index (χ4n) is 4.68. The molecule has 1 amide bonds. The number of rotatable bonds is 4. The van der Waals surface area contributed by atoms with E-state index in [1.807, 2.05) is 17.0 Å². The molecular formula is C24H27N3O2. The first-order chi connectivity index (χ1) is 14.2. The van der Waals surface area contributed by atoms with Crippen LogP contribution in [-0.2, 0) is 13.1 Å². The molecule has 5 nitrogen and oxygen atoms in total.